The van der Waals surface area contributed by atoms with Crippen LogP contribution in [0.15, 0.2) is 18.2 Å². The van der Waals surface area contributed by atoms with Gasteiger partial charge in [-0.15, -0.1) is 0 Å². The molecule has 0 saturated carbocycles. The maximum atomic E-state index is 5.91. The highest BCUT2D eigenvalue weighted by Gasteiger charge is 2.22. The molecule has 0 spiro atoms. The smallest absolute Gasteiger partial charge is 0.143 e. The van der Waals surface area contributed by atoms with Gasteiger partial charge in [0, 0.05) is 18.6 Å². The fraction of sp³-hybridized carbons (Fsp3) is 0.400. The fourth-order valence-electron chi connectivity index (χ4n) is 1.63. The molecule has 3 nitrogen and oxygen atoms in total. The van der Waals surface area contributed by atoms with E-state index in [0.29, 0.717) is 6.54 Å². The van der Waals surface area contributed by atoms with Crippen molar-refractivity contribution in [1.29, 1.82) is 0 Å². The zero-order valence-corrected chi connectivity index (χ0v) is 8.79. The zero-order chi connectivity index (χ0) is 10.1. The Morgan fingerprint density at radius 3 is 3.14 bits per heavy atom. The quantitative estimate of drug-likeness (QED) is 0.767. The van der Waals surface area contributed by atoms with Gasteiger partial charge in [0.1, 0.15) is 11.9 Å². The molecule has 1 aliphatic heterocycles. The van der Waals surface area contributed by atoms with Crippen molar-refractivity contribution < 1.29 is 4.74 Å². The largest absolute Gasteiger partial charge is 0.485 e. The van der Waals surface area contributed by atoms with E-state index < -0.39 is 0 Å². The summed E-state index contributed by atoms with van der Waals surface area (Å²) in [5, 5.41) is 0.727. The van der Waals surface area contributed by atoms with Crippen LogP contribution in [0.3, 0.4) is 0 Å². The second-order valence-corrected chi connectivity index (χ2v) is 3.90. The third-order valence-corrected chi connectivity index (χ3v) is 2.60. The topological polar surface area (TPSA) is 38.5 Å². The molecule has 1 heterocycles. The fourth-order valence-corrected chi connectivity index (χ4v) is 1.80. The monoisotopic (exact) mass is 212 g/mol. The van der Waals surface area contributed by atoms with Crippen LogP contribution in [-0.4, -0.2) is 26.2 Å². The lowest BCUT2D eigenvalue weighted by Crippen LogP contribution is -2.42. The number of benzene rings is 1. The molecule has 0 fully saturated rings. The maximum Gasteiger partial charge on any atom is 0.143 e. The van der Waals surface area contributed by atoms with E-state index in [1.807, 2.05) is 25.2 Å². The highest BCUT2D eigenvalue weighted by atomic mass is 35.5. The SMILES string of the molecule is CN1CC(CN)Oc2ccc(Cl)cc21. The molecule has 1 unspecified atom stereocenters. The van der Waals surface area contributed by atoms with Gasteiger partial charge in [-0.05, 0) is 18.2 Å². The van der Waals surface area contributed by atoms with Crippen molar-refractivity contribution in [3.63, 3.8) is 0 Å². The van der Waals surface area contributed by atoms with Gasteiger partial charge in [0.25, 0.3) is 0 Å². The molecular weight excluding hydrogens is 200 g/mol. The van der Waals surface area contributed by atoms with E-state index in [2.05, 4.69) is 4.90 Å². The van der Waals surface area contributed by atoms with Crippen LogP contribution >= 0.6 is 11.6 Å². The number of anilines is 1. The van der Waals surface area contributed by atoms with Gasteiger partial charge in [0.2, 0.25) is 0 Å². The van der Waals surface area contributed by atoms with E-state index in [-0.39, 0.29) is 6.10 Å². The number of likely N-dealkylation sites (N-methyl/N-ethyl adjacent to an activating group) is 1. The number of ether oxygens (including phenoxy) is 1. The highest BCUT2D eigenvalue weighted by molar-refractivity contribution is 6.30. The predicted molar refractivity (Wildman–Crippen MR) is 58.2 cm³/mol. The van der Waals surface area contributed by atoms with Crippen molar-refractivity contribution >= 4 is 17.3 Å². The summed E-state index contributed by atoms with van der Waals surface area (Å²) in [4.78, 5) is 2.11. The summed E-state index contributed by atoms with van der Waals surface area (Å²) in [6.07, 6.45) is 0.0775. The van der Waals surface area contributed by atoms with Gasteiger partial charge in [-0.3, -0.25) is 0 Å². The lowest BCUT2D eigenvalue weighted by Gasteiger charge is -2.33. The lowest BCUT2D eigenvalue weighted by molar-refractivity contribution is 0.204. The van der Waals surface area contributed by atoms with Crippen LogP contribution in [0, 0.1) is 0 Å². The van der Waals surface area contributed by atoms with E-state index in [1.54, 1.807) is 0 Å². The Balaban J connectivity index is 2.35. The van der Waals surface area contributed by atoms with Crippen LogP contribution < -0.4 is 15.4 Å². The van der Waals surface area contributed by atoms with Crippen molar-refractivity contribution in [2.75, 3.05) is 25.0 Å². The molecular formula is C10H13ClN2O. The summed E-state index contributed by atoms with van der Waals surface area (Å²) in [5.41, 5.74) is 6.60. The molecule has 0 amide bonds. The van der Waals surface area contributed by atoms with Crippen LogP contribution in [-0.2, 0) is 0 Å². The normalized spacial score (nSPS) is 20.2. The minimum absolute atomic E-state index is 0.0775. The lowest BCUT2D eigenvalue weighted by atomic mass is 10.2. The van der Waals surface area contributed by atoms with Crippen molar-refractivity contribution in [3.05, 3.63) is 23.2 Å². The Bertz CT molecular complexity index is 343. The second-order valence-electron chi connectivity index (χ2n) is 3.47. The van der Waals surface area contributed by atoms with E-state index >= 15 is 0 Å². The van der Waals surface area contributed by atoms with Gasteiger partial charge in [-0.2, -0.15) is 0 Å². The molecule has 1 atom stereocenters. The zero-order valence-electron chi connectivity index (χ0n) is 8.03. The third-order valence-electron chi connectivity index (χ3n) is 2.37. The average Bonchev–Trinajstić information content (AvgIpc) is 2.19. The van der Waals surface area contributed by atoms with Crippen LogP contribution in [0.1, 0.15) is 0 Å². The van der Waals surface area contributed by atoms with Crippen LogP contribution in [0.25, 0.3) is 0 Å². The van der Waals surface area contributed by atoms with Gasteiger partial charge in [-0.25, -0.2) is 0 Å². The van der Waals surface area contributed by atoms with E-state index in [1.165, 1.54) is 0 Å². The van der Waals surface area contributed by atoms with Gasteiger partial charge >= 0.3 is 0 Å². The summed E-state index contributed by atoms with van der Waals surface area (Å²) >= 11 is 5.91. The number of hydrogen-bond donors (Lipinski definition) is 1. The van der Waals surface area contributed by atoms with Gasteiger partial charge in [0.15, 0.2) is 0 Å². The Kier molecular flexibility index (Phi) is 2.52. The van der Waals surface area contributed by atoms with Gasteiger partial charge in [0.05, 0.1) is 12.2 Å². The highest BCUT2D eigenvalue weighted by Crippen LogP contribution is 2.34. The van der Waals surface area contributed by atoms with E-state index in [0.717, 1.165) is 23.0 Å². The summed E-state index contributed by atoms with van der Waals surface area (Å²) < 4.78 is 5.68. The molecule has 14 heavy (non-hydrogen) atoms. The minimum Gasteiger partial charge on any atom is -0.485 e. The third kappa shape index (κ3) is 1.65. The molecule has 4 heteroatoms. The van der Waals surface area contributed by atoms with E-state index in [9.17, 15) is 0 Å². The summed E-state index contributed by atoms with van der Waals surface area (Å²) in [6.45, 7) is 1.34. The Hall–Kier alpha value is -0.930. The molecule has 1 aliphatic rings. The van der Waals surface area contributed by atoms with Crippen molar-refractivity contribution in [2.45, 2.75) is 6.10 Å². The second kappa shape index (κ2) is 3.67. The first kappa shape index (κ1) is 9.62. The number of rotatable bonds is 1. The van der Waals surface area contributed by atoms with Crippen LogP contribution in [0.5, 0.6) is 5.75 Å². The first-order valence-corrected chi connectivity index (χ1v) is 4.96. The Morgan fingerprint density at radius 2 is 2.43 bits per heavy atom. The van der Waals surface area contributed by atoms with E-state index in [4.69, 9.17) is 22.1 Å². The maximum absolute atomic E-state index is 5.91. The number of hydrogen-bond acceptors (Lipinski definition) is 3. The number of fused-ring (bicyclic) bond motifs is 1. The summed E-state index contributed by atoms with van der Waals surface area (Å²) in [6, 6.07) is 5.62. The first-order valence-electron chi connectivity index (χ1n) is 4.58. The van der Waals surface area contributed by atoms with Crippen LogP contribution in [0.2, 0.25) is 5.02 Å². The molecule has 0 radical (unpaired) electrons. The predicted octanol–water partition coefficient (Wildman–Crippen LogP) is 1.50. The molecule has 1 aromatic carbocycles. The number of nitrogens with zero attached hydrogens (tertiary/aromatic N) is 1. The Labute approximate surface area is 88.4 Å². The summed E-state index contributed by atoms with van der Waals surface area (Å²) in [5.74, 6) is 0.860. The van der Waals surface area contributed by atoms with Crippen molar-refractivity contribution in [1.82, 2.24) is 0 Å². The molecule has 76 valence electrons. The molecule has 1 aromatic rings. The molecule has 0 aromatic heterocycles. The first-order chi connectivity index (χ1) is 6.70. The molecule has 0 bridgehead atoms. The number of halogens is 1. The molecule has 0 saturated heterocycles. The van der Waals surface area contributed by atoms with Gasteiger partial charge < -0.3 is 15.4 Å². The minimum atomic E-state index is 0.0775. The average molecular weight is 213 g/mol. The number of nitrogens with two attached hydrogens (primary N) is 1. The van der Waals surface area contributed by atoms with Gasteiger partial charge in [-0.1, -0.05) is 11.6 Å². The van der Waals surface area contributed by atoms with Crippen LogP contribution in [0.4, 0.5) is 5.69 Å². The molecule has 2 N–H and O–H groups in total. The standard InChI is InChI=1S/C10H13ClN2O/c1-13-6-8(5-12)14-10-3-2-7(11)4-9(10)13/h2-4,8H,5-6,12H2,1H3. The summed E-state index contributed by atoms with van der Waals surface area (Å²) in [7, 11) is 2.01. The Morgan fingerprint density at radius 1 is 1.64 bits per heavy atom. The van der Waals surface area contributed by atoms with Crippen molar-refractivity contribution in [3.8, 4) is 5.75 Å². The van der Waals surface area contributed by atoms with Crippen molar-refractivity contribution in [2.24, 2.45) is 5.73 Å². The molecule has 0 aliphatic carbocycles. The molecule has 2 rings (SSSR count).